The minimum Gasteiger partial charge on any atom is -0.463 e. The van der Waals surface area contributed by atoms with Gasteiger partial charge >= 0.3 is 0 Å². The van der Waals surface area contributed by atoms with E-state index in [0.717, 1.165) is 23.9 Å². The van der Waals surface area contributed by atoms with E-state index in [0.29, 0.717) is 12.6 Å². The molecular formula is C13H19N3O. The van der Waals surface area contributed by atoms with Gasteiger partial charge in [-0.15, -0.1) is 0 Å². The zero-order chi connectivity index (χ0) is 12.3. The first-order valence-corrected chi connectivity index (χ1v) is 6.03. The molecule has 1 heterocycles. The zero-order valence-electron chi connectivity index (χ0n) is 10.4. The Morgan fingerprint density at radius 1 is 1.29 bits per heavy atom. The van der Waals surface area contributed by atoms with Gasteiger partial charge in [-0.1, -0.05) is 26.0 Å². The summed E-state index contributed by atoms with van der Waals surface area (Å²) < 4.78 is 5.65. The quantitative estimate of drug-likeness (QED) is 0.833. The number of para-hydroxylation sites is 2. The van der Waals surface area contributed by atoms with Gasteiger partial charge in [0.1, 0.15) is 6.61 Å². The number of hydrogen-bond donors (Lipinski definition) is 2. The summed E-state index contributed by atoms with van der Waals surface area (Å²) in [7, 11) is 0. The van der Waals surface area contributed by atoms with Gasteiger partial charge in [0.25, 0.3) is 6.01 Å². The molecule has 0 saturated carbocycles. The van der Waals surface area contributed by atoms with Gasteiger partial charge in [0.15, 0.2) is 0 Å². The maximum absolute atomic E-state index is 6.17. The van der Waals surface area contributed by atoms with E-state index in [4.69, 9.17) is 10.5 Å². The van der Waals surface area contributed by atoms with Crippen LogP contribution in [0.3, 0.4) is 0 Å². The number of fused-ring (bicyclic) bond motifs is 1. The lowest BCUT2D eigenvalue weighted by Crippen LogP contribution is -2.44. The van der Waals surface area contributed by atoms with Crippen molar-refractivity contribution in [1.29, 1.82) is 0 Å². The average molecular weight is 233 g/mol. The van der Waals surface area contributed by atoms with Gasteiger partial charge in [0.2, 0.25) is 0 Å². The molecule has 0 amide bonds. The molecule has 0 saturated heterocycles. The van der Waals surface area contributed by atoms with Crippen LogP contribution in [-0.2, 0) is 0 Å². The Balaban J connectivity index is 2.09. The number of aromatic amines is 1. The van der Waals surface area contributed by atoms with Crippen molar-refractivity contribution in [2.24, 2.45) is 5.73 Å². The second-order valence-corrected chi connectivity index (χ2v) is 4.42. The van der Waals surface area contributed by atoms with E-state index in [1.54, 1.807) is 0 Å². The van der Waals surface area contributed by atoms with Crippen LogP contribution in [0.4, 0.5) is 0 Å². The Kier molecular flexibility index (Phi) is 3.33. The van der Waals surface area contributed by atoms with Gasteiger partial charge in [-0.05, 0) is 25.0 Å². The number of H-pyrrole nitrogens is 1. The van der Waals surface area contributed by atoms with Gasteiger partial charge in [0.05, 0.1) is 11.0 Å². The third-order valence-electron chi connectivity index (χ3n) is 3.27. The van der Waals surface area contributed by atoms with Crippen LogP contribution in [0.25, 0.3) is 11.0 Å². The Bertz CT molecular complexity index is 455. The lowest BCUT2D eigenvalue weighted by molar-refractivity contribution is 0.196. The second-order valence-electron chi connectivity index (χ2n) is 4.42. The van der Waals surface area contributed by atoms with E-state index in [9.17, 15) is 0 Å². The predicted molar refractivity (Wildman–Crippen MR) is 69.1 cm³/mol. The monoisotopic (exact) mass is 233 g/mol. The van der Waals surface area contributed by atoms with E-state index >= 15 is 0 Å². The first-order chi connectivity index (χ1) is 8.17. The molecule has 0 aliphatic rings. The number of rotatable bonds is 5. The molecule has 0 fully saturated rings. The highest BCUT2D eigenvalue weighted by Crippen LogP contribution is 2.17. The number of nitrogens with one attached hydrogen (secondary N) is 1. The molecule has 0 unspecified atom stereocenters. The minimum atomic E-state index is -0.265. The van der Waals surface area contributed by atoms with Gasteiger partial charge < -0.3 is 15.5 Å². The standard InChI is InChI=1S/C13H19N3O/c1-3-13(14,4-2)9-17-12-15-10-7-5-6-8-11(10)16-12/h5-8H,3-4,9,14H2,1-2H3,(H,15,16). The molecule has 4 heteroatoms. The Morgan fingerprint density at radius 3 is 2.65 bits per heavy atom. The van der Waals surface area contributed by atoms with Gasteiger partial charge in [-0.25, -0.2) is 0 Å². The van der Waals surface area contributed by atoms with Gasteiger partial charge in [-0.3, -0.25) is 0 Å². The lowest BCUT2D eigenvalue weighted by atomic mass is 9.96. The molecule has 3 N–H and O–H groups in total. The first-order valence-electron chi connectivity index (χ1n) is 6.03. The molecular weight excluding hydrogens is 214 g/mol. The summed E-state index contributed by atoms with van der Waals surface area (Å²) in [5, 5.41) is 0. The Morgan fingerprint density at radius 2 is 2.00 bits per heavy atom. The molecule has 0 aliphatic heterocycles. The molecule has 92 valence electrons. The highest BCUT2D eigenvalue weighted by molar-refractivity contribution is 5.75. The molecule has 2 aromatic rings. The topological polar surface area (TPSA) is 63.9 Å². The number of ether oxygens (including phenoxy) is 1. The van der Waals surface area contributed by atoms with Crippen LogP contribution < -0.4 is 10.5 Å². The summed E-state index contributed by atoms with van der Waals surface area (Å²) in [6.07, 6.45) is 1.79. The summed E-state index contributed by atoms with van der Waals surface area (Å²) in [5.74, 6) is 0. The van der Waals surface area contributed by atoms with Crippen LogP contribution in [0.2, 0.25) is 0 Å². The molecule has 2 rings (SSSR count). The number of nitrogens with zero attached hydrogens (tertiary/aromatic N) is 1. The largest absolute Gasteiger partial charge is 0.463 e. The molecule has 4 nitrogen and oxygen atoms in total. The molecule has 0 radical (unpaired) electrons. The van der Waals surface area contributed by atoms with Crippen molar-refractivity contribution in [3.05, 3.63) is 24.3 Å². The normalized spacial score (nSPS) is 11.9. The number of aromatic nitrogens is 2. The summed E-state index contributed by atoms with van der Waals surface area (Å²) in [5.41, 5.74) is 7.81. The van der Waals surface area contributed by atoms with E-state index < -0.39 is 0 Å². The van der Waals surface area contributed by atoms with Crippen LogP contribution in [0.15, 0.2) is 24.3 Å². The first kappa shape index (κ1) is 11.9. The summed E-state index contributed by atoms with van der Waals surface area (Å²) >= 11 is 0. The van der Waals surface area contributed by atoms with Crippen molar-refractivity contribution in [1.82, 2.24) is 9.97 Å². The van der Waals surface area contributed by atoms with Gasteiger partial charge in [0, 0.05) is 5.54 Å². The summed E-state index contributed by atoms with van der Waals surface area (Å²) in [6, 6.07) is 8.40. The lowest BCUT2D eigenvalue weighted by Gasteiger charge is -2.25. The molecule has 17 heavy (non-hydrogen) atoms. The number of imidazole rings is 1. The SMILES string of the molecule is CCC(N)(CC)COc1nc2ccccc2[nH]1. The second kappa shape index (κ2) is 4.75. The van der Waals surface area contributed by atoms with Crippen molar-refractivity contribution < 1.29 is 4.74 Å². The Labute approximate surface area is 101 Å². The smallest absolute Gasteiger partial charge is 0.294 e. The molecule has 1 aromatic heterocycles. The third-order valence-corrected chi connectivity index (χ3v) is 3.27. The fourth-order valence-electron chi connectivity index (χ4n) is 1.66. The zero-order valence-corrected chi connectivity index (χ0v) is 10.4. The molecule has 1 aromatic carbocycles. The molecule has 0 bridgehead atoms. The van der Waals surface area contributed by atoms with Gasteiger partial charge in [-0.2, -0.15) is 4.98 Å². The van der Waals surface area contributed by atoms with Crippen molar-refractivity contribution in [2.45, 2.75) is 32.2 Å². The average Bonchev–Trinajstić information content (AvgIpc) is 2.79. The maximum Gasteiger partial charge on any atom is 0.294 e. The molecule has 0 spiro atoms. The van der Waals surface area contributed by atoms with Crippen LogP contribution in [0, 0.1) is 0 Å². The van der Waals surface area contributed by atoms with E-state index in [1.807, 2.05) is 24.3 Å². The van der Waals surface area contributed by atoms with E-state index in [2.05, 4.69) is 23.8 Å². The Hall–Kier alpha value is -1.55. The van der Waals surface area contributed by atoms with Crippen molar-refractivity contribution in [2.75, 3.05) is 6.61 Å². The summed E-state index contributed by atoms with van der Waals surface area (Å²) in [4.78, 5) is 7.48. The van der Waals surface area contributed by atoms with Crippen LogP contribution in [0.5, 0.6) is 6.01 Å². The van der Waals surface area contributed by atoms with E-state index in [1.165, 1.54) is 0 Å². The number of hydrogen-bond acceptors (Lipinski definition) is 3. The third kappa shape index (κ3) is 2.58. The van der Waals surface area contributed by atoms with Crippen molar-refractivity contribution in [3.8, 4) is 6.01 Å². The van der Waals surface area contributed by atoms with Crippen molar-refractivity contribution in [3.63, 3.8) is 0 Å². The van der Waals surface area contributed by atoms with Crippen LogP contribution in [0.1, 0.15) is 26.7 Å². The minimum absolute atomic E-state index is 0.265. The maximum atomic E-state index is 6.17. The summed E-state index contributed by atoms with van der Waals surface area (Å²) in [6.45, 7) is 4.64. The highest BCUT2D eigenvalue weighted by Gasteiger charge is 2.21. The highest BCUT2D eigenvalue weighted by atomic mass is 16.5. The number of benzene rings is 1. The van der Waals surface area contributed by atoms with Crippen LogP contribution in [-0.4, -0.2) is 22.1 Å². The number of nitrogens with two attached hydrogens (primary N) is 1. The van der Waals surface area contributed by atoms with Crippen molar-refractivity contribution >= 4 is 11.0 Å². The van der Waals surface area contributed by atoms with E-state index in [-0.39, 0.29) is 5.54 Å². The fourth-order valence-corrected chi connectivity index (χ4v) is 1.66. The molecule has 0 atom stereocenters. The fraction of sp³-hybridized carbons (Fsp3) is 0.462. The predicted octanol–water partition coefficient (Wildman–Crippen LogP) is 2.46. The van der Waals surface area contributed by atoms with Crippen LogP contribution >= 0.6 is 0 Å². The molecule has 0 aliphatic carbocycles.